The molecule has 1 heterocycles. The number of esters is 1. The molecule has 0 aliphatic rings. The Labute approximate surface area is 146 Å². The Kier molecular flexibility index (Phi) is 6.26. The summed E-state index contributed by atoms with van der Waals surface area (Å²) in [4.78, 5) is 24.0. The molecule has 1 atom stereocenters. The van der Waals surface area contributed by atoms with E-state index in [2.05, 4.69) is 5.32 Å². The number of fused-ring (bicyclic) bond motifs is 1. The van der Waals surface area contributed by atoms with Gasteiger partial charge in [0.15, 0.2) is 0 Å². The minimum absolute atomic E-state index is 0.171. The number of hydrogen-bond donors (Lipinski definition) is 1. The second kappa shape index (κ2) is 8.20. The van der Waals surface area contributed by atoms with Gasteiger partial charge in [0.1, 0.15) is 6.04 Å². The molecule has 0 spiro atoms. The highest BCUT2D eigenvalue weighted by Crippen LogP contribution is 2.24. The van der Waals surface area contributed by atoms with E-state index < -0.39 is 12.0 Å². The molecule has 1 aromatic heterocycles. The van der Waals surface area contributed by atoms with Crippen LogP contribution >= 0.6 is 11.6 Å². The number of benzene rings is 1. The molecular weight excluding hydrogens is 328 g/mol. The Hall–Kier alpha value is -2.01. The summed E-state index contributed by atoms with van der Waals surface area (Å²) in [5, 5.41) is 4.43. The number of carbonyl (C=O) groups is 2. The van der Waals surface area contributed by atoms with Crippen LogP contribution in [0.4, 0.5) is 0 Å². The Bertz CT molecular complexity index is 724. The summed E-state index contributed by atoms with van der Waals surface area (Å²) in [6.45, 7) is 4.51. The smallest absolute Gasteiger partial charge is 0.328 e. The number of ether oxygens (including phenoxy) is 1. The monoisotopic (exact) mass is 350 g/mol. The molecule has 1 aromatic carbocycles. The van der Waals surface area contributed by atoms with Crippen LogP contribution in [0.2, 0.25) is 5.02 Å². The molecule has 5 nitrogen and oxygen atoms in total. The van der Waals surface area contributed by atoms with E-state index in [1.807, 2.05) is 48.9 Å². The molecule has 0 saturated heterocycles. The van der Waals surface area contributed by atoms with Crippen molar-refractivity contribution in [2.45, 2.75) is 39.3 Å². The standard InChI is InChI=1S/C18H23ClN2O3/c1-12(2)11-15(18(23)24-3)20-17(22)8-10-21-9-7-13-14(19)5-4-6-16(13)21/h4-7,9,12,15H,8,10-11H2,1-3H3,(H,20,22). The van der Waals surface area contributed by atoms with Gasteiger partial charge < -0.3 is 14.6 Å². The fourth-order valence-corrected chi connectivity index (χ4v) is 2.93. The van der Waals surface area contributed by atoms with Crippen LogP contribution in [0.5, 0.6) is 0 Å². The van der Waals surface area contributed by atoms with Gasteiger partial charge in [0.25, 0.3) is 0 Å². The molecule has 130 valence electrons. The van der Waals surface area contributed by atoms with Crippen molar-refractivity contribution in [1.82, 2.24) is 9.88 Å². The number of halogens is 1. The molecule has 0 fully saturated rings. The van der Waals surface area contributed by atoms with Crippen molar-refractivity contribution < 1.29 is 14.3 Å². The molecule has 0 saturated carbocycles. The number of nitrogens with one attached hydrogen (secondary N) is 1. The van der Waals surface area contributed by atoms with E-state index in [-0.39, 0.29) is 18.2 Å². The molecule has 24 heavy (non-hydrogen) atoms. The van der Waals surface area contributed by atoms with Crippen molar-refractivity contribution >= 4 is 34.4 Å². The highest BCUT2D eigenvalue weighted by atomic mass is 35.5. The van der Waals surface area contributed by atoms with Crippen LogP contribution in [-0.4, -0.2) is 29.6 Å². The molecule has 2 aromatic rings. The number of aryl methyl sites for hydroxylation is 1. The molecule has 1 N–H and O–H groups in total. The predicted molar refractivity (Wildman–Crippen MR) is 95.0 cm³/mol. The third-order valence-corrected chi connectivity index (χ3v) is 4.20. The van der Waals surface area contributed by atoms with Gasteiger partial charge in [-0.3, -0.25) is 4.79 Å². The molecule has 6 heteroatoms. The summed E-state index contributed by atoms with van der Waals surface area (Å²) < 4.78 is 6.74. The van der Waals surface area contributed by atoms with Crippen molar-refractivity contribution in [2.75, 3.05) is 7.11 Å². The fourth-order valence-electron chi connectivity index (χ4n) is 2.70. The zero-order valence-corrected chi connectivity index (χ0v) is 15.0. The van der Waals surface area contributed by atoms with Gasteiger partial charge in [-0.15, -0.1) is 0 Å². The third-order valence-electron chi connectivity index (χ3n) is 3.87. The van der Waals surface area contributed by atoms with E-state index >= 15 is 0 Å². The first kappa shape index (κ1) is 18.3. The number of nitrogens with zero attached hydrogens (tertiary/aromatic N) is 1. The highest BCUT2D eigenvalue weighted by molar-refractivity contribution is 6.35. The molecule has 0 radical (unpaired) electrons. The second-order valence-corrected chi connectivity index (χ2v) is 6.61. The van der Waals surface area contributed by atoms with E-state index in [4.69, 9.17) is 16.3 Å². The lowest BCUT2D eigenvalue weighted by Crippen LogP contribution is -2.42. The van der Waals surface area contributed by atoms with Gasteiger partial charge in [0.2, 0.25) is 5.91 Å². The molecule has 0 aliphatic heterocycles. The number of aromatic nitrogens is 1. The van der Waals surface area contributed by atoms with Gasteiger partial charge in [-0.1, -0.05) is 31.5 Å². The Morgan fingerprint density at radius 1 is 1.29 bits per heavy atom. The molecule has 0 bridgehead atoms. The Morgan fingerprint density at radius 2 is 2.04 bits per heavy atom. The van der Waals surface area contributed by atoms with E-state index in [1.165, 1.54) is 7.11 Å². The van der Waals surface area contributed by atoms with Crippen LogP contribution in [0, 0.1) is 5.92 Å². The van der Waals surface area contributed by atoms with Gasteiger partial charge in [-0.2, -0.15) is 0 Å². The number of methoxy groups -OCH3 is 1. The van der Waals surface area contributed by atoms with E-state index in [9.17, 15) is 9.59 Å². The maximum atomic E-state index is 12.2. The van der Waals surface area contributed by atoms with Gasteiger partial charge in [0.05, 0.1) is 7.11 Å². The van der Waals surface area contributed by atoms with Crippen LogP contribution in [0.1, 0.15) is 26.7 Å². The molecule has 1 amide bonds. The number of amides is 1. The number of carbonyl (C=O) groups excluding carboxylic acids is 2. The average Bonchev–Trinajstić information content (AvgIpc) is 2.95. The van der Waals surface area contributed by atoms with Crippen molar-refractivity contribution in [3.05, 3.63) is 35.5 Å². The highest BCUT2D eigenvalue weighted by Gasteiger charge is 2.22. The summed E-state index contributed by atoms with van der Waals surface area (Å²) in [6, 6.07) is 7.03. The maximum absolute atomic E-state index is 12.2. The third kappa shape index (κ3) is 4.51. The van der Waals surface area contributed by atoms with E-state index in [1.54, 1.807) is 0 Å². The van der Waals surface area contributed by atoms with Gasteiger partial charge in [-0.05, 0) is 30.5 Å². The predicted octanol–water partition coefficient (Wildman–Crippen LogP) is 3.39. The zero-order chi connectivity index (χ0) is 17.7. The van der Waals surface area contributed by atoms with Gasteiger partial charge in [-0.25, -0.2) is 4.79 Å². The van der Waals surface area contributed by atoms with Crippen LogP contribution in [0.15, 0.2) is 30.5 Å². The molecule has 0 aliphatic carbocycles. The van der Waals surface area contributed by atoms with Crippen molar-refractivity contribution in [3.63, 3.8) is 0 Å². The quantitative estimate of drug-likeness (QED) is 0.779. The SMILES string of the molecule is COC(=O)C(CC(C)C)NC(=O)CCn1ccc2c(Cl)cccc21. The minimum atomic E-state index is -0.599. The maximum Gasteiger partial charge on any atom is 0.328 e. The first-order chi connectivity index (χ1) is 11.4. The first-order valence-electron chi connectivity index (χ1n) is 8.03. The summed E-state index contributed by atoms with van der Waals surface area (Å²) >= 11 is 6.16. The molecule has 1 unspecified atom stereocenters. The topological polar surface area (TPSA) is 60.3 Å². The summed E-state index contributed by atoms with van der Waals surface area (Å²) in [5.74, 6) is -0.296. The molecular formula is C18H23ClN2O3. The van der Waals surface area contributed by atoms with Crippen molar-refractivity contribution in [3.8, 4) is 0 Å². The lowest BCUT2D eigenvalue weighted by molar-refractivity contribution is -0.145. The number of hydrogen-bond acceptors (Lipinski definition) is 3. The summed E-state index contributed by atoms with van der Waals surface area (Å²) in [6.07, 6.45) is 2.75. The average molecular weight is 351 g/mol. The van der Waals surface area contributed by atoms with E-state index in [0.717, 1.165) is 10.9 Å². The second-order valence-electron chi connectivity index (χ2n) is 6.20. The number of rotatable bonds is 7. The normalized spacial score (nSPS) is 12.4. The summed E-state index contributed by atoms with van der Waals surface area (Å²) in [5.41, 5.74) is 0.988. The van der Waals surface area contributed by atoms with Crippen LogP contribution < -0.4 is 5.32 Å². The van der Waals surface area contributed by atoms with Crippen LogP contribution in [0.3, 0.4) is 0 Å². The van der Waals surface area contributed by atoms with Gasteiger partial charge >= 0.3 is 5.97 Å². The van der Waals surface area contributed by atoms with Crippen molar-refractivity contribution in [2.24, 2.45) is 5.92 Å². The lowest BCUT2D eigenvalue weighted by atomic mass is 10.0. The fraction of sp³-hybridized carbons (Fsp3) is 0.444. The van der Waals surface area contributed by atoms with E-state index in [0.29, 0.717) is 18.0 Å². The molecule has 2 rings (SSSR count). The minimum Gasteiger partial charge on any atom is -0.467 e. The van der Waals surface area contributed by atoms with Crippen LogP contribution in [-0.2, 0) is 20.9 Å². The largest absolute Gasteiger partial charge is 0.467 e. The van der Waals surface area contributed by atoms with Crippen LogP contribution in [0.25, 0.3) is 10.9 Å². The van der Waals surface area contributed by atoms with Crippen molar-refractivity contribution in [1.29, 1.82) is 0 Å². The van der Waals surface area contributed by atoms with Gasteiger partial charge in [0, 0.05) is 35.1 Å². The lowest BCUT2D eigenvalue weighted by Gasteiger charge is -2.18. The first-order valence-corrected chi connectivity index (χ1v) is 8.40. The summed E-state index contributed by atoms with van der Waals surface area (Å²) in [7, 11) is 1.33. The Balaban J connectivity index is 1.98. The Morgan fingerprint density at radius 3 is 2.71 bits per heavy atom. The zero-order valence-electron chi connectivity index (χ0n) is 14.2.